The van der Waals surface area contributed by atoms with E-state index in [1.807, 2.05) is 0 Å². The van der Waals surface area contributed by atoms with Crippen molar-refractivity contribution in [3.8, 4) is 0 Å². The number of para-hydroxylation sites is 1. The zero-order valence-electron chi connectivity index (χ0n) is 12.9. The number of rotatable bonds is 6. The summed E-state index contributed by atoms with van der Waals surface area (Å²) in [7, 11) is -3.76. The maximum atomic E-state index is 13.8. The van der Waals surface area contributed by atoms with Crippen molar-refractivity contribution in [2.75, 3.05) is 18.0 Å². The first kappa shape index (κ1) is 18.0. The van der Waals surface area contributed by atoms with E-state index in [4.69, 9.17) is 0 Å². The number of hydrogen-bond donors (Lipinski definition) is 1. The third kappa shape index (κ3) is 4.15. The second-order valence-corrected chi connectivity index (χ2v) is 6.72. The van der Waals surface area contributed by atoms with Crippen molar-refractivity contribution in [2.24, 2.45) is 0 Å². The van der Waals surface area contributed by atoms with Gasteiger partial charge in [0.05, 0.1) is 4.90 Å². The molecular weight excluding hydrogens is 338 g/mol. The zero-order valence-corrected chi connectivity index (χ0v) is 13.7. The average Bonchev–Trinajstić information content (AvgIpc) is 2.53. The fourth-order valence-electron chi connectivity index (χ4n) is 2.15. The fourth-order valence-corrected chi connectivity index (χ4v) is 3.19. The van der Waals surface area contributed by atoms with Gasteiger partial charge in [-0.25, -0.2) is 21.9 Å². The second kappa shape index (κ2) is 7.50. The molecule has 1 amide bonds. The quantitative estimate of drug-likeness (QED) is 0.866. The van der Waals surface area contributed by atoms with Gasteiger partial charge in [-0.2, -0.15) is 0 Å². The van der Waals surface area contributed by atoms with Crippen molar-refractivity contribution in [3.63, 3.8) is 0 Å². The van der Waals surface area contributed by atoms with Gasteiger partial charge < -0.3 is 4.90 Å². The van der Waals surface area contributed by atoms with Crippen molar-refractivity contribution in [2.45, 2.75) is 11.8 Å². The van der Waals surface area contributed by atoms with E-state index in [-0.39, 0.29) is 18.0 Å². The van der Waals surface area contributed by atoms with Crippen LogP contribution in [0.25, 0.3) is 0 Å². The van der Waals surface area contributed by atoms with Crippen LogP contribution in [0.4, 0.5) is 14.5 Å². The largest absolute Gasteiger partial charge is 0.306 e. The van der Waals surface area contributed by atoms with Crippen LogP contribution in [0.1, 0.15) is 6.92 Å². The van der Waals surface area contributed by atoms with Crippen LogP contribution >= 0.6 is 0 Å². The molecule has 0 heterocycles. The zero-order chi connectivity index (χ0) is 17.7. The Hall–Kier alpha value is -2.32. The highest BCUT2D eigenvalue weighted by atomic mass is 32.2. The third-order valence-electron chi connectivity index (χ3n) is 3.27. The number of sulfonamides is 1. The molecule has 0 aliphatic heterocycles. The van der Waals surface area contributed by atoms with Gasteiger partial charge in [0.2, 0.25) is 15.9 Å². The molecule has 24 heavy (non-hydrogen) atoms. The van der Waals surface area contributed by atoms with E-state index in [1.165, 1.54) is 18.2 Å². The topological polar surface area (TPSA) is 66.5 Å². The van der Waals surface area contributed by atoms with Crippen LogP contribution in [0.3, 0.4) is 0 Å². The fraction of sp³-hybridized carbons (Fsp3) is 0.188. The van der Waals surface area contributed by atoms with Crippen molar-refractivity contribution >= 4 is 21.6 Å². The average molecular weight is 354 g/mol. The number of carbonyl (C=O) groups is 1. The van der Waals surface area contributed by atoms with E-state index >= 15 is 0 Å². The minimum Gasteiger partial charge on any atom is -0.306 e. The standard InChI is InChI=1S/C16H16F2N2O3S/c1-12(21)20(16-14(17)8-5-9-15(16)18)11-10-19-24(22,23)13-6-3-2-4-7-13/h2-9,19H,10-11H2,1H3. The highest BCUT2D eigenvalue weighted by molar-refractivity contribution is 7.89. The van der Waals surface area contributed by atoms with Gasteiger partial charge in [0.15, 0.2) is 0 Å². The SMILES string of the molecule is CC(=O)N(CCNS(=O)(=O)c1ccccc1)c1c(F)cccc1F. The summed E-state index contributed by atoms with van der Waals surface area (Å²) in [4.78, 5) is 12.6. The Morgan fingerprint density at radius 2 is 1.62 bits per heavy atom. The smallest absolute Gasteiger partial charge is 0.240 e. The van der Waals surface area contributed by atoms with Crippen molar-refractivity contribution < 1.29 is 22.0 Å². The molecule has 0 atom stereocenters. The predicted octanol–water partition coefficient (Wildman–Crippen LogP) is 2.30. The summed E-state index contributed by atoms with van der Waals surface area (Å²) in [5.41, 5.74) is -0.496. The van der Waals surface area contributed by atoms with Crippen LogP contribution in [0.15, 0.2) is 53.4 Å². The van der Waals surface area contributed by atoms with Gasteiger partial charge in [0, 0.05) is 20.0 Å². The number of anilines is 1. The van der Waals surface area contributed by atoms with Gasteiger partial charge in [0.25, 0.3) is 0 Å². The molecule has 0 spiro atoms. The van der Waals surface area contributed by atoms with E-state index < -0.39 is 33.3 Å². The maximum Gasteiger partial charge on any atom is 0.240 e. The van der Waals surface area contributed by atoms with Crippen LogP contribution in [0.5, 0.6) is 0 Å². The molecule has 2 aromatic carbocycles. The lowest BCUT2D eigenvalue weighted by Gasteiger charge is -2.22. The molecule has 128 valence electrons. The van der Waals surface area contributed by atoms with E-state index in [2.05, 4.69) is 4.72 Å². The number of halogens is 2. The molecule has 0 aromatic heterocycles. The molecule has 0 unspecified atom stereocenters. The van der Waals surface area contributed by atoms with Gasteiger partial charge in [-0.1, -0.05) is 24.3 Å². The summed E-state index contributed by atoms with van der Waals surface area (Å²) in [6.45, 7) is 0.751. The molecule has 0 bridgehead atoms. The Morgan fingerprint density at radius 3 is 2.17 bits per heavy atom. The van der Waals surface area contributed by atoms with Crippen LogP contribution < -0.4 is 9.62 Å². The number of carbonyl (C=O) groups excluding carboxylic acids is 1. The monoisotopic (exact) mass is 354 g/mol. The number of hydrogen-bond acceptors (Lipinski definition) is 3. The van der Waals surface area contributed by atoms with Crippen LogP contribution in [-0.2, 0) is 14.8 Å². The number of nitrogens with one attached hydrogen (secondary N) is 1. The molecule has 5 nitrogen and oxygen atoms in total. The van der Waals surface area contributed by atoms with Gasteiger partial charge in [0.1, 0.15) is 17.3 Å². The summed E-state index contributed by atoms with van der Waals surface area (Å²) in [6.07, 6.45) is 0. The summed E-state index contributed by atoms with van der Waals surface area (Å²) < 4.78 is 54.1. The molecule has 0 aliphatic rings. The lowest BCUT2D eigenvalue weighted by molar-refractivity contribution is -0.116. The molecule has 1 N–H and O–H groups in total. The van der Waals surface area contributed by atoms with Crippen LogP contribution in [0.2, 0.25) is 0 Å². The highest BCUT2D eigenvalue weighted by Gasteiger charge is 2.21. The summed E-state index contributed by atoms with van der Waals surface area (Å²) in [5, 5.41) is 0. The predicted molar refractivity (Wildman–Crippen MR) is 86.0 cm³/mol. The first-order chi connectivity index (χ1) is 11.3. The molecule has 0 saturated heterocycles. The number of nitrogens with zero attached hydrogens (tertiary/aromatic N) is 1. The van der Waals surface area contributed by atoms with Gasteiger partial charge in [-0.3, -0.25) is 4.79 Å². The maximum absolute atomic E-state index is 13.8. The first-order valence-electron chi connectivity index (χ1n) is 7.10. The molecule has 0 saturated carbocycles. The summed E-state index contributed by atoms with van der Waals surface area (Å²) in [5.74, 6) is -2.38. The molecule has 8 heteroatoms. The lowest BCUT2D eigenvalue weighted by atomic mass is 10.2. The molecule has 0 radical (unpaired) electrons. The minimum atomic E-state index is -3.76. The third-order valence-corrected chi connectivity index (χ3v) is 4.75. The molecular formula is C16H16F2N2O3S. The van der Waals surface area contributed by atoms with Gasteiger partial charge in [-0.15, -0.1) is 0 Å². The van der Waals surface area contributed by atoms with Gasteiger partial charge >= 0.3 is 0 Å². The van der Waals surface area contributed by atoms with E-state index in [1.54, 1.807) is 18.2 Å². The van der Waals surface area contributed by atoms with Crippen LogP contribution in [0, 0.1) is 11.6 Å². The van der Waals surface area contributed by atoms with Crippen molar-refractivity contribution in [1.82, 2.24) is 4.72 Å². The normalized spacial score (nSPS) is 11.3. The molecule has 0 aliphatic carbocycles. The Bertz CT molecular complexity index is 806. The lowest BCUT2D eigenvalue weighted by Crippen LogP contribution is -2.38. The van der Waals surface area contributed by atoms with E-state index in [9.17, 15) is 22.0 Å². The molecule has 0 fully saturated rings. The summed E-state index contributed by atoms with van der Waals surface area (Å²) in [6, 6.07) is 10.9. The number of amides is 1. The van der Waals surface area contributed by atoms with Crippen LogP contribution in [-0.4, -0.2) is 27.4 Å². The summed E-state index contributed by atoms with van der Waals surface area (Å²) >= 11 is 0. The Morgan fingerprint density at radius 1 is 1.04 bits per heavy atom. The Labute approximate surface area is 139 Å². The van der Waals surface area contributed by atoms with Crippen molar-refractivity contribution in [1.29, 1.82) is 0 Å². The van der Waals surface area contributed by atoms with Crippen molar-refractivity contribution in [3.05, 3.63) is 60.2 Å². The van der Waals surface area contributed by atoms with E-state index in [0.29, 0.717) is 0 Å². The number of benzene rings is 2. The Balaban J connectivity index is 2.12. The minimum absolute atomic E-state index is 0.0662. The first-order valence-corrected chi connectivity index (χ1v) is 8.58. The van der Waals surface area contributed by atoms with E-state index in [0.717, 1.165) is 24.0 Å². The Kier molecular flexibility index (Phi) is 5.63. The second-order valence-electron chi connectivity index (χ2n) is 4.95. The molecule has 2 rings (SSSR count). The molecule has 2 aromatic rings. The highest BCUT2D eigenvalue weighted by Crippen LogP contribution is 2.23. The van der Waals surface area contributed by atoms with Gasteiger partial charge in [-0.05, 0) is 24.3 Å².